The summed E-state index contributed by atoms with van der Waals surface area (Å²) in [6, 6.07) is 5.08. The summed E-state index contributed by atoms with van der Waals surface area (Å²) < 4.78 is 19.3. The van der Waals surface area contributed by atoms with Gasteiger partial charge in [0.05, 0.1) is 12.3 Å². The molecular formula is C15H25FN2O. The van der Waals surface area contributed by atoms with Crippen LogP contribution in [-0.2, 0) is 4.74 Å². The first kappa shape index (κ1) is 15.9. The fourth-order valence-electron chi connectivity index (χ4n) is 2.02. The molecule has 0 saturated carbocycles. The van der Waals surface area contributed by atoms with E-state index in [1.165, 1.54) is 6.07 Å². The van der Waals surface area contributed by atoms with Crippen LogP contribution < -0.4 is 10.6 Å². The molecule has 0 heterocycles. The molecule has 1 aromatic carbocycles. The van der Waals surface area contributed by atoms with Crippen LogP contribution in [0.3, 0.4) is 0 Å². The maximum Gasteiger partial charge on any atom is 0.146 e. The minimum Gasteiger partial charge on any atom is -0.383 e. The van der Waals surface area contributed by atoms with Crippen LogP contribution in [0.25, 0.3) is 0 Å². The van der Waals surface area contributed by atoms with Crippen molar-refractivity contribution in [1.82, 2.24) is 0 Å². The predicted molar refractivity (Wildman–Crippen MR) is 77.9 cm³/mol. The molecule has 19 heavy (non-hydrogen) atoms. The van der Waals surface area contributed by atoms with Crippen molar-refractivity contribution in [2.75, 3.05) is 31.7 Å². The summed E-state index contributed by atoms with van der Waals surface area (Å²) in [6.45, 7) is 8.16. The second kappa shape index (κ2) is 7.46. The van der Waals surface area contributed by atoms with Crippen LogP contribution in [0.1, 0.15) is 32.4 Å². The van der Waals surface area contributed by atoms with Gasteiger partial charge in [-0.1, -0.05) is 19.9 Å². The number of benzene rings is 1. The summed E-state index contributed by atoms with van der Waals surface area (Å²) >= 11 is 0. The molecule has 0 fully saturated rings. The second-order valence-corrected chi connectivity index (χ2v) is 5.33. The van der Waals surface area contributed by atoms with E-state index >= 15 is 0 Å². The zero-order valence-electron chi connectivity index (χ0n) is 12.3. The number of rotatable bonds is 7. The van der Waals surface area contributed by atoms with E-state index in [0.717, 1.165) is 12.1 Å². The van der Waals surface area contributed by atoms with Crippen LogP contribution in [0.4, 0.5) is 10.1 Å². The number of ether oxygens (including phenoxy) is 1. The quantitative estimate of drug-likeness (QED) is 0.826. The summed E-state index contributed by atoms with van der Waals surface area (Å²) in [7, 11) is 1.66. The first-order valence-corrected chi connectivity index (χ1v) is 6.74. The molecular weight excluding hydrogens is 243 g/mol. The number of hydrogen-bond donors (Lipinski definition) is 1. The van der Waals surface area contributed by atoms with Gasteiger partial charge in [-0.2, -0.15) is 0 Å². The summed E-state index contributed by atoms with van der Waals surface area (Å²) in [4.78, 5) is 2.02. The Kier molecular flexibility index (Phi) is 6.25. The lowest BCUT2D eigenvalue weighted by Gasteiger charge is -2.27. The first-order chi connectivity index (χ1) is 8.95. The van der Waals surface area contributed by atoms with Gasteiger partial charge in [0.25, 0.3) is 0 Å². The minimum absolute atomic E-state index is 0.152. The minimum atomic E-state index is -0.216. The number of hydrogen-bond acceptors (Lipinski definition) is 3. The van der Waals surface area contributed by atoms with Crippen molar-refractivity contribution in [2.45, 2.75) is 26.8 Å². The zero-order valence-corrected chi connectivity index (χ0v) is 12.3. The van der Waals surface area contributed by atoms with Crippen molar-refractivity contribution in [1.29, 1.82) is 0 Å². The largest absolute Gasteiger partial charge is 0.383 e. The fraction of sp³-hybridized carbons (Fsp3) is 0.600. The van der Waals surface area contributed by atoms with E-state index < -0.39 is 0 Å². The molecule has 0 radical (unpaired) electrons. The molecule has 0 aromatic heterocycles. The van der Waals surface area contributed by atoms with Crippen molar-refractivity contribution < 1.29 is 9.13 Å². The molecule has 2 N–H and O–H groups in total. The molecule has 0 unspecified atom stereocenters. The summed E-state index contributed by atoms with van der Waals surface area (Å²) in [5.41, 5.74) is 7.21. The Morgan fingerprint density at radius 3 is 2.47 bits per heavy atom. The smallest absolute Gasteiger partial charge is 0.146 e. The molecule has 0 aliphatic carbocycles. The maximum atomic E-state index is 14.2. The summed E-state index contributed by atoms with van der Waals surface area (Å²) in [5.74, 6) is 0.246. The van der Waals surface area contributed by atoms with Gasteiger partial charge in [0.15, 0.2) is 0 Å². The van der Waals surface area contributed by atoms with E-state index in [1.54, 1.807) is 7.11 Å². The second-order valence-electron chi connectivity index (χ2n) is 5.33. The topological polar surface area (TPSA) is 38.5 Å². The lowest BCUT2D eigenvalue weighted by molar-refractivity contribution is 0.204. The molecule has 0 bridgehead atoms. The molecule has 0 spiro atoms. The van der Waals surface area contributed by atoms with E-state index in [2.05, 4.69) is 13.8 Å². The van der Waals surface area contributed by atoms with Crippen molar-refractivity contribution >= 4 is 5.69 Å². The molecule has 1 rings (SSSR count). The lowest BCUT2D eigenvalue weighted by atomic mass is 10.1. The molecule has 0 aliphatic rings. The average molecular weight is 268 g/mol. The van der Waals surface area contributed by atoms with Crippen molar-refractivity contribution in [3.05, 3.63) is 29.6 Å². The van der Waals surface area contributed by atoms with Gasteiger partial charge in [0.2, 0.25) is 0 Å². The molecule has 3 nitrogen and oxygen atoms in total. The Morgan fingerprint density at radius 1 is 1.32 bits per heavy atom. The fourth-order valence-corrected chi connectivity index (χ4v) is 2.02. The predicted octanol–water partition coefficient (Wildman–Crippen LogP) is 2.95. The van der Waals surface area contributed by atoms with Crippen molar-refractivity contribution in [3.8, 4) is 0 Å². The molecule has 0 aliphatic heterocycles. The molecule has 108 valence electrons. The van der Waals surface area contributed by atoms with Crippen LogP contribution in [0.2, 0.25) is 0 Å². The third-order valence-electron chi connectivity index (χ3n) is 2.99. The SMILES string of the molecule is COCCN(CC(C)C)c1ccc([C@H](C)N)cc1F. The summed E-state index contributed by atoms with van der Waals surface area (Å²) in [5, 5.41) is 0. The van der Waals surface area contributed by atoms with E-state index in [-0.39, 0.29) is 11.9 Å². The molecule has 4 heteroatoms. The molecule has 0 saturated heterocycles. The van der Waals surface area contributed by atoms with Crippen LogP contribution in [0, 0.1) is 11.7 Å². The van der Waals surface area contributed by atoms with Gasteiger partial charge in [0, 0.05) is 26.2 Å². The summed E-state index contributed by atoms with van der Waals surface area (Å²) in [6.07, 6.45) is 0. The normalized spacial score (nSPS) is 12.8. The van der Waals surface area contributed by atoms with Crippen LogP contribution in [0.5, 0.6) is 0 Å². The van der Waals surface area contributed by atoms with Crippen molar-refractivity contribution in [3.63, 3.8) is 0 Å². The van der Waals surface area contributed by atoms with Gasteiger partial charge < -0.3 is 15.4 Å². The number of nitrogens with zero attached hydrogens (tertiary/aromatic N) is 1. The van der Waals surface area contributed by atoms with E-state index in [9.17, 15) is 4.39 Å². The monoisotopic (exact) mass is 268 g/mol. The standard InChI is InChI=1S/C15H25FN2O/c1-11(2)10-18(7-8-19-4)15-6-5-13(12(3)17)9-14(15)16/h5-6,9,11-12H,7-8,10,17H2,1-4H3/t12-/m0/s1. The highest BCUT2D eigenvalue weighted by atomic mass is 19.1. The van der Waals surface area contributed by atoms with Gasteiger partial charge in [-0.3, -0.25) is 0 Å². The molecule has 1 aromatic rings. The zero-order chi connectivity index (χ0) is 14.4. The molecule has 0 amide bonds. The Hall–Kier alpha value is -1.13. The number of halogens is 1. The maximum absolute atomic E-state index is 14.2. The highest BCUT2D eigenvalue weighted by molar-refractivity contribution is 5.49. The van der Waals surface area contributed by atoms with Gasteiger partial charge >= 0.3 is 0 Å². The van der Waals surface area contributed by atoms with E-state index in [1.807, 2.05) is 24.0 Å². The first-order valence-electron chi connectivity index (χ1n) is 6.74. The Labute approximate surface area is 115 Å². The van der Waals surface area contributed by atoms with Gasteiger partial charge in [0.1, 0.15) is 5.82 Å². The average Bonchev–Trinajstić information content (AvgIpc) is 2.34. The van der Waals surface area contributed by atoms with E-state index in [0.29, 0.717) is 24.8 Å². The lowest BCUT2D eigenvalue weighted by Crippen LogP contribution is -2.31. The van der Waals surface area contributed by atoms with Crippen LogP contribution in [0.15, 0.2) is 18.2 Å². The van der Waals surface area contributed by atoms with Crippen LogP contribution in [-0.4, -0.2) is 26.8 Å². The number of anilines is 1. The van der Waals surface area contributed by atoms with Crippen LogP contribution >= 0.6 is 0 Å². The third kappa shape index (κ3) is 4.80. The Bertz CT molecular complexity index is 394. The highest BCUT2D eigenvalue weighted by Crippen LogP contribution is 2.23. The van der Waals surface area contributed by atoms with Gasteiger partial charge in [-0.25, -0.2) is 4.39 Å². The Balaban J connectivity index is 2.94. The van der Waals surface area contributed by atoms with Gasteiger partial charge in [-0.05, 0) is 30.5 Å². The third-order valence-corrected chi connectivity index (χ3v) is 2.99. The molecule has 1 atom stereocenters. The van der Waals surface area contributed by atoms with Crippen molar-refractivity contribution in [2.24, 2.45) is 11.7 Å². The highest BCUT2D eigenvalue weighted by Gasteiger charge is 2.14. The Morgan fingerprint density at radius 2 is 2.00 bits per heavy atom. The number of methoxy groups -OCH3 is 1. The van der Waals surface area contributed by atoms with Gasteiger partial charge in [-0.15, -0.1) is 0 Å². The van der Waals surface area contributed by atoms with E-state index in [4.69, 9.17) is 10.5 Å². The number of nitrogens with two attached hydrogens (primary N) is 1.